The number of benzene rings is 2. The van der Waals surface area contributed by atoms with Gasteiger partial charge in [0.15, 0.2) is 28.4 Å². The van der Waals surface area contributed by atoms with Gasteiger partial charge in [0.2, 0.25) is 12.0 Å². The molecule has 4 rings (SSSR count). The normalized spacial score (nSPS) is 24.3. The molecule has 1 aromatic heterocycles. The molecule has 1 saturated heterocycles. The van der Waals surface area contributed by atoms with E-state index in [9.17, 15) is 35.4 Å². The van der Waals surface area contributed by atoms with E-state index in [1.807, 2.05) is 0 Å². The van der Waals surface area contributed by atoms with Crippen LogP contribution in [0.25, 0.3) is 22.3 Å². The van der Waals surface area contributed by atoms with E-state index < -0.39 is 54.2 Å². The van der Waals surface area contributed by atoms with Crippen molar-refractivity contribution in [3.63, 3.8) is 0 Å². The molecule has 0 spiro atoms. The van der Waals surface area contributed by atoms with Crippen LogP contribution in [0.1, 0.15) is 0 Å². The molecule has 0 unspecified atom stereocenters. The lowest BCUT2D eigenvalue weighted by molar-refractivity contribution is -0.277. The van der Waals surface area contributed by atoms with Crippen LogP contribution in [0.2, 0.25) is 0 Å². The molecular formula is C23H24O12. The van der Waals surface area contributed by atoms with Crippen molar-refractivity contribution in [1.29, 1.82) is 0 Å². The Balaban J connectivity index is 1.67. The lowest BCUT2D eigenvalue weighted by Crippen LogP contribution is -2.60. The van der Waals surface area contributed by atoms with E-state index in [4.69, 9.17) is 23.4 Å². The van der Waals surface area contributed by atoms with Crippen molar-refractivity contribution in [3.05, 3.63) is 40.6 Å². The number of aliphatic hydroxyl groups is 4. The van der Waals surface area contributed by atoms with E-state index in [1.54, 1.807) is 0 Å². The number of phenols is 2. The first-order valence-corrected chi connectivity index (χ1v) is 10.4. The molecule has 1 fully saturated rings. The topological polar surface area (TPSA) is 189 Å². The molecule has 12 heteroatoms. The van der Waals surface area contributed by atoms with Crippen LogP contribution in [-0.4, -0.2) is 82.2 Å². The number of fused-ring (bicyclic) bond motifs is 1. The fourth-order valence-electron chi connectivity index (χ4n) is 3.81. The molecule has 5 atom stereocenters. The summed E-state index contributed by atoms with van der Waals surface area (Å²) in [5.41, 5.74) is -0.276. The molecule has 12 nitrogen and oxygen atoms in total. The maximum atomic E-state index is 12.7. The van der Waals surface area contributed by atoms with Crippen molar-refractivity contribution in [2.24, 2.45) is 0 Å². The van der Waals surface area contributed by atoms with Gasteiger partial charge in [0.1, 0.15) is 41.1 Å². The van der Waals surface area contributed by atoms with E-state index >= 15 is 0 Å². The molecule has 0 aliphatic carbocycles. The molecule has 6 N–H and O–H groups in total. The Morgan fingerprint density at radius 3 is 2.31 bits per heavy atom. The van der Waals surface area contributed by atoms with Crippen molar-refractivity contribution in [2.45, 2.75) is 30.7 Å². The first kappa shape index (κ1) is 24.6. The minimum Gasteiger partial charge on any atom is -0.504 e. The van der Waals surface area contributed by atoms with Crippen LogP contribution in [0.15, 0.2) is 39.5 Å². The third-order valence-electron chi connectivity index (χ3n) is 5.67. The van der Waals surface area contributed by atoms with E-state index in [0.29, 0.717) is 0 Å². The van der Waals surface area contributed by atoms with Crippen molar-refractivity contribution in [1.82, 2.24) is 0 Å². The summed E-state index contributed by atoms with van der Waals surface area (Å²) in [5.74, 6) is -0.823. The molecule has 0 bridgehead atoms. The molecule has 188 valence electrons. The maximum Gasteiger partial charge on any atom is 0.229 e. The first-order valence-electron chi connectivity index (χ1n) is 10.4. The third kappa shape index (κ3) is 4.33. The van der Waals surface area contributed by atoms with E-state index in [2.05, 4.69) is 0 Å². The van der Waals surface area contributed by atoms with Gasteiger partial charge < -0.3 is 54.0 Å². The van der Waals surface area contributed by atoms with Crippen molar-refractivity contribution >= 4 is 11.0 Å². The Bertz CT molecular complexity index is 1280. The quantitative estimate of drug-likeness (QED) is 0.272. The molecule has 1 aliphatic rings. The summed E-state index contributed by atoms with van der Waals surface area (Å²) in [6.07, 6.45) is -7.54. The zero-order chi connectivity index (χ0) is 25.4. The van der Waals surface area contributed by atoms with Gasteiger partial charge in [-0.1, -0.05) is 0 Å². The monoisotopic (exact) mass is 492 g/mol. The number of ether oxygens (including phenoxy) is 4. The third-order valence-corrected chi connectivity index (χ3v) is 5.67. The standard InChI is InChI=1S/C23H24O12/c1-31-15-7-14-17(19(28)22(15)32-2)11(26)6-13(33-14)9-3-4-12(10(25)5-9)34-23-21(30)20(29)18(27)16(8-24)35-23/h3-7,16,18,20-21,23-25,27-30H,8H2,1-2H3/t16-,18-,20+,21+,23-/m1/s1. The summed E-state index contributed by atoms with van der Waals surface area (Å²) in [7, 11) is 2.67. The highest BCUT2D eigenvalue weighted by molar-refractivity contribution is 5.89. The number of phenolic OH excluding ortho intramolecular Hbond substituents is 2. The van der Waals surface area contributed by atoms with Gasteiger partial charge in [0.05, 0.1) is 20.8 Å². The number of rotatable bonds is 6. The van der Waals surface area contributed by atoms with Gasteiger partial charge >= 0.3 is 0 Å². The number of hydrogen-bond donors (Lipinski definition) is 6. The number of hydrogen-bond acceptors (Lipinski definition) is 12. The van der Waals surface area contributed by atoms with Crippen LogP contribution in [0.3, 0.4) is 0 Å². The van der Waals surface area contributed by atoms with Crippen molar-refractivity contribution in [2.75, 3.05) is 20.8 Å². The van der Waals surface area contributed by atoms with Crippen LogP contribution < -0.4 is 19.6 Å². The second-order valence-corrected chi connectivity index (χ2v) is 7.81. The summed E-state index contributed by atoms with van der Waals surface area (Å²) < 4.78 is 26.8. The highest BCUT2D eigenvalue weighted by Crippen LogP contribution is 2.42. The van der Waals surface area contributed by atoms with Gasteiger partial charge in [0, 0.05) is 17.7 Å². The molecule has 2 heterocycles. The summed E-state index contributed by atoms with van der Waals surface area (Å²) in [6, 6.07) is 6.49. The van der Waals surface area contributed by atoms with Crippen LogP contribution in [0, 0.1) is 0 Å². The molecule has 0 radical (unpaired) electrons. The summed E-state index contributed by atoms with van der Waals surface area (Å²) in [6.45, 7) is -0.636. The Kier molecular flexibility index (Phi) is 6.74. The molecule has 0 amide bonds. The van der Waals surface area contributed by atoms with Crippen molar-refractivity contribution < 1.29 is 54.0 Å². The van der Waals surface area contributed by atoms with E-state index in [1.165, 1.54) is 38.5 Å². The fourth-order valence-corrected chi connectivity index (χ4v) is 3.81. The molecule has 2 aromatic carbocycles. The van der Waals surface area contributed by atoms with Gasteiger partial charge in [-0.15, -0.1) is 0 Å². The maximum absolute atomic E-state index is 12.7. The lowest BCUT2D eigenvalue weighted by Gasteiger charge is -2.39. The van der Waals surface area contributed by atoms with Gasteiger partial charge in [-0.3, -0.25) is 4.79 Å². The average molecular weight is 492 g/mol. The van der Waals surface area contributed by atoms with E-state index in [-0.39, 0.29) is 39.5 Å². The fraction of sp³-hybridized carbons (Fsp3) is 0.348. The smallest absolute Gasteiger partial charge is 0.229 e. The van der Waals surface area contributed by atoms with E-state index in [0.717, 1.165) is 6.07 Å². The van der Waals surface area contributed by atoms with Gasteiger partial charge in [-0.25, -0.2) is 0 Å². The predicted octanol–water partition coefficient (Wildman–Crippen LogP) is 0.0671. The second-order valence-electron chi connectivity index (χ2n) is 7.81. The van der Waals surface area contributed by atoms with Gasteiger partial charge in [-0.05, 0) is 18.2 Å². The molecular weight excluding hydrogens is 468 g/mol. The number of methoxy groups -OCH3 is 2. The Hall–Kier alpha value is -3.55. The summed E-state index contributed by atoms with van der Waals surface area (Å²) in [4.78, 5) is 12.7. The van der Waals surface area contributed by atoms with Gasteiger partial charge in [0.25, 0.3) is 0 Å². The lowest BCUT2D eigenvalue weighted by atomic mass is 9.99. The minimum atomic E-state index is -1.66. The Morgan fingerprint density at radius 2 is 1.69 bits per heavy atom. The zero-order valence-electron chi connectivity index (χ0n) is 18.6. The van der Waals surface area contributed by atoms with Gasteiger partial charge in [-0.2, -0.15) is 0 Å². The molecule has 35 heavy (non-hydrogen) atoms. The molecule has 1 aliphatic heterocycles. The molecule has 3 aromatic rings. The van der Waals surface area contributed by atoms with Crippen molar-refractivity contribution in [3.8, 4) is 40.1 Å². The minimum absolute atomic E-state index is 0.0174. The van der Waals surface area contributed by atoms with Crippen LogP contribution in [-0.2, 0) is 4.74 Å². The average Bonchev–Trinajstić information content (AvgIpc) is 2.84. The largest absolute Gasteiger partial charge is 0.504 e. The van der Waals surface area contributed by atoms with Crippen LogP contribution in [0.4, 0.5) is 0 Å². The second kappa shape index (κ2) is 9.60. The van der Waals surface area contributed by atoms with Crippen LogP contribution in [0.5, 0.6) is 28.7 Å². The Morgan fingerprint density at radius 1 is 0.943 bits per heavy atom. The van der Waals surface area contributed by atoms with Crippen LogP contribution >= 0.6 is 0 Å². The first-order chi connectivity index (χ1) is 16.7. The number of aromatic hydroxyl groups is 2. The Labute approximate surface area is 197 Å². The predicted molar refractivity (Wildman–Crippen MR) is 119 cm³/mol. The zero-order valence-corrected chi connectivity index (χ0v) is 18.6. The summed E-state index contributed by atoms with van der Waals surface area (Å²) >= 11 is 0. The highest BCUT2D eigenvalue weighted by Gasteiger charge is 2.44. The molecule has 0 saturated carbocycles. The number of aliphatic hydroxyl groups excluding tert-OH is 4. The highest BCUT2D eigenvalue weighted by atomic mass is 16.7. The SMILES string of the molecule is COc1cc2oc(-c3ccc(O[C@@H]4O[C@H](CO)[C@@H](O)[C@H](O)[C@@H]4O)c(O)c3)cc(=O)c2c(O)c1OC. The summed E-state index contributed by atoms with van der Waals surface area (Å²) in [5, 5.41) is 60.0.